The van der Waals surface area contributed by atoms with E-state index in [1.807, 2.05) is 0 Å². The Morgan fingerprint density at radius 3 is 2.75 bits per heavy atom. The van der Waals surface area contributed by atoms with Gasteiger partial charge in [0.05, 0.1) is 5.41 Å². The third kappa shape index (κ3) is 2.37. The van der Waals surface area contributed by atoms with Gasteiger partial charge >= 0.3 is 0 Å². The summed E-state index contributed by atoms with van der Waals surface area (Å²) in [6, 6.07) is 0.625. The first-order chi connectivity index (χ1) is 9.63. The predicted molar refractivity (Wildman–Crippen MR) is 80.5 cm³/mol. The first-order valence-corrected chi connectivity index (χ1v) is 8.37. The molecule has 3 fully saturated rings. The number of hydrogen-bond donors (Lipinski definition) is 1. The third-order valence-electron chi connectivity index (χ3n) is 5.81. The second kappa shape index (κ2) is 5.64. The van der Waals surface area contributed by atoms with Crippen molar-refractivity contribution < 1.29 is 4.79 Å². The molecule has 0 aromatic carbocycles. The van der Waals surface area contributed by atoms with Crippen molar-refractivity contribution in [2.24, 2.45) is 11.3 Å². The minimum absolute atomic E-state index is 0.145. The molecule has 2 unspecified atom stereocenters. The van der Waals surface area contributed by atoms with Crippen LogP contribution < -0.4 is 5.32 Å². The van der Waals surface area contributed by atoms with E-state index in [-0.39, 0.29) is 5.41 Å². The molecule has 1 amide bonds. The van der Waals surface area contributed by atoms with Crippen molar-refractivity contribution in [3.05, 3.63) is 0 Å². The van der Waals surface area contributed by atoms with Gasteiger partial charge in [-0.05, 0) is 44.7 Å². The Kier molecular flexibility index (Phi) is 4.04. The van der Waals surface area contributed by atoms with E-state index in [1.54, 1.807) is 0 Å². The fourth-order valence-corrected chi connectivity index (χ4v) is 4.34. The fraction of sp³-hybridized carbons (Fsp3) is 0.938. The largest absolute Gasteiger partial charge is 0.341 e. The van der Waals surface area contributed by atoms with Gasteiger partial charge in [0.15, 0.2) is 0 Å². The molecule has 0 saturated carbocycles. The molecule has 3 saturated heterocycles. The average molecular weight is 279 g/mol. The van der Waals surface area contributed by atoms with Gasteiger partial charge < -0.3 is 10.2 Å². The van der Waals surface area contributed by atoms with Crippen molar-refractivity contribution in [2.75, 3.05) is 39.3 Å². The molecule has 1 N–H and O–H groups in total. The minimum Gasteiger partial charge on any atom is -0.341 e. The lowest BCUT2D eigenvalue weighted by molar-refractivity contribution is -0.144. The van der Waals surface area contributed by atoms with Crippen LogP contribution in [0.15, 0.2) is 0 Å². The Hall–Kier alpha value is -0.610. The second-order valence-corrected chi connectivity index (χ2v) is 7.17. The van der Waals surface area contributed by atoms with E-state index in [9.17, 15) is 4.79 Å². The number of amides is 1. The molecule has 114 valence electrons. The summed E-state index contributed by atoms with van der Waals surface area (Å²) in [6.07, 6.45) is 4.73. The molecular weight excluding hydrogens is 250 g/mol. The lowest BCUT2D eigenvalue weighted by Gasteiger charge is -2.37. The Labute approximate surface area is 122 Å². The smallest absolute Gasteiger partial charge is 0.230 e. The molecule has 0 aromatic rings. The molecule has 4 nitrogen and oxygen atoms in total. The van der Waals surface area contributed by atoms with Gasteiger partial charge in [0, 0.05) is 32.2 Å². The highest BCUT2D eigenvalue weighted by molar-refractivity contribution is 5.84. The first kappa shape index (κ1) is 14.3. The first-order valence-electron chi connectivity index (χ1n) is 8.37. The summed E-state index contributed by atoms with van der Waals surface area (Å²) in [4.78, 5) is 18.0. The molecule has 20 heavy (non-hydrogen) atoms. The predicted octanol–water partition coefficient (Wildman–Crippen LogP) is 1.32. The lowest BCUT2D eigenvalue weighted by Crippen LogP contribution is -2.50. The van der Waals surface area contributed by atoms with E-state index in [4.69, 9.17) is 0 Å². The van der Waals surface area contributed by atoms with Crippen LogP contribution in [0.5, 0.6) is 0 Å². The Bertz CT molecular complexity index is 363. The Morgan fingerprint density at radius 1 is 1.25 bits per heavy atom. The lowest BCUT2D eigenvalue weighted by atomic mass is 9.75. The summed E-state index contributed by atoms with van der Waals surface area (Å²) < 4.78 is 0. The number of rotatable bonds is 2. The van der Waals surface area contributed by atoms with Crippen molar-refractivity contribution in [3.63, 3.8) is 0 Å². The Morgan fingerprint density at radius 2 is 2.05 bits per heavy atom. The monoisotopic (exact) mass is 279 g/mol. The van der Waals surface area contributed by atoms with Crippen LogP contribution in [0, 0.1) is 11.3 Å². The fourth-order valence-electron chi connectivity index (χ4n) is 4.34. The van der Waals surface area contributed by atoms with E-state index < -0.39 is 0 Å². The SMILES string of the molecule is CC(C)C1(C(=O)N2CCCN3CCCC3C2)CCNC1. The van der Waals surface area contributed by atoms with E-state index in [1.165, 1.54) is 25.9 Å². The quantitative estimate of drug-likeness (QED) is 0.828. The summed E-state index contributed by atoms with van der Waals surface area (Å²) in [5.41, 5.74) is -0.145. The van der Waals surface area contributed by atoms with Crippen molar-refractivity contribution >= 4 is 5.91 Å². The molecule has 0 radical (unpaired) electrons. The van der Waals surface area contributed by atoms with Gasteiger partial charge in [-0.2, -0.15) is 0 Å². The molecule has 4 heteroatoms. The van der Waals surface area contributed by atoms with Gasteiger partial charge in [-0.25, -0.2) is 0 Å². The van der Waals surface area contributed by atoms with Crippen LogP contribution in [-0.2, 0) is 4.79 Å². The van der Waals surface area contributed by atoms with Gasteiger partial charge in [0.2, 0.25) is 5.91 Å². The highest BCUT2D eigenvalue weighted by Gasteiger charge is 2.46. The maximum atomic E-state index is 13.2. The highest BCUT2D eigenvalue weighted by atomic mass is 16.2. The number of nitrogens with one attached hydrogen (secondary N) is 1. The molecule has 0 aromatic heterocycles. The summed E-state index contributed by atoms with van der Waals surface area (Å²) in [7, 11) is 0. The molecule has 0 spiro atoms. The van der Waals surface area contributed by atoms with Crippen molar-refractivity contribution in [1.82, 2.24) is 15.1 Å². The molecule has 0 aliphatic carbocycles. The van der Waals surface area contributed by atoms with Crippen LogP contribution in [0.3, 0.4) is 0 Å². The van der Waals surface area contributed by atoms with Crippen LogP contribution in [0.4, 0.5) is 0 Å². The third-order valence-corrected chi connectivity index (χ3v) is 5.81. The Balaban J connectivity index is 1.75. The van der Waals surface area contributed by atoms with Crippen molar-refractivity contribution in [1.29, 1.82) is 0 Å². The zero-order chi connectivity index (χ0) is 14.2. The van der Waals surface area contributed by atoms with Crippen molar-refractivity contribution in [3.8, 4) is 0 Å². The van der Waals surface area contributed by atoms with Gasteiger partial charge in [-0.15, -0.1) is 0 Å². The van der Waals surface area contributed by atoms with Crippen LogP contribution in [0.2, 0.25) is 0 Å². The van der Waals surface area contributed by atoms with Crippen LogP contribution in [-0.4, -0.2) is 61.0 Å². The molecule has 3 aliphatic heterocycles. The topological polar surface area (TPSA) is 35.6 Å². The molecular formula is C16H29N3O. The van der Waals surface area contributed by atoms with Gasteiger partial charge in [-0.3, -0.25) is 9.69 Å². The zero-order valence-corrected chi connectivity index (χ0v) is 13.0. The van der Waals surface area contributed by atoms with Crippen molar-refractivity contribution in [2.45, 2.75) is 45.6 Å². The van der Waals surface area contributed by atoms with Crippen LogP contribution in [0.1, 0.15) is 39.5 Å². The highest BCUT2D eigenvalue weighted by Crippen LogP contribution is 2.37. The molecule has 3 rings (SSSR count). The van der Waals surface area contributed by atoms with E-state index in [2.05, 4.69) is 29.0 Å². The maximum Gasteiger partial charge on any atom is 0.230 e. The van der Waals surface area contributed by atoms with Gasteiger partial charge in [-0.1, -0.05) is 13.8 Å². The standard InChI is InChI=1S/C16H29N3O/c1-13(2)16(6-7-17-12-16)15(20)19-10-4-9-18-8-3-5-14(18)11-19/h13-14,17H,3-12H2,1-2H3. The number of carbonyl (C=O) groups is 1. The van der Waals surface area contributed by atoms with Gasteiger partial charge in [0.1, 0.15) is 0 Å². The van der Waals surface area contributed by atoms with E-state index in [0.29, 0.717) is 17.9 Å². The van der Waals surface area contributed by atoms with Gasteiger partial charge in [0.25, 0.3) is 0 Å². The van der Waals surface area contributed by atoms with Crippen LogP contribution in [0.25, 0.3) is 0 Å². The van der Waals surface area contributed by atoms with E-state index >= 15 is 0 Å². The number of hydrogen-bond acceptors (Lipinski definition) is 3. The maximum absolute atomic E-state index is 13.2. The summed E-state index contributed by atoms with van der Waals surface area (Å²) >= 11 is 0. The normalized spacial score (nSPS) is 35.4. The molecule has 2 atom stereocenters. The molecule has 3 heterocycles. The van der Waals surface area contributed by atoms with E-state index in [0.717, 1.165) is 39.0 Å². The molecule has 0 bridgehead atoms. The minimum atomic E-state index is -0.145. The number of nitrogens with zero attached hydrogens (tertiary/aromatic N) is 2. The zero-order valence-electron chi connectivity index (χ0n) is 13.0. The molecule has 3 aliphatic rings. The second-order valence-electron chi connectivity index (χ2n) is 7.17. The summed E-state index contributed by atoms with van der Waals surface area (Å²) in [5, 5.41) is 3.42. The average Bonchev–Trinajstić information content (AvgIpc) is 3.04. The number of fused-ring (bicyclic) bond motifs is 1. The van der Waals surface area contributed by atoms with Crippen LogP contribution >= 0.6 is 0 Å². The summed E-state index contributed by atoms with van der Waals surface area (Å²) in [6.45, 7) is 10.6. The summed E-state index contributed by atoms with van der Waals surface area (Å²) in [5.74, 6) is 0.846. The number of carbonyl (C=O) groups excluding carboxylic acids is 1.